The van der Waals surface area contributed by atoms with E-state index in [1.165, 1.54) is 13.8 Å². The molecule has 0 unspecified atom stereocenters. The molecule has 0 atom stereocenters. The third-order valence-electron chi connectivity index (χ3n) is 2.53. The normalized spacial score (nSPS) is 13.2. The van der Waals surface area contributed by atoms with Crippen LogP contribution in [0.25, 0.3) is 0 Å². The molecule has 0 saturated carbocycles. The van der Waals surface area contributed by atoms with Crippen LogP contribution in [-0.2, 0) is 10.2 Å². The van der Waals surface area contributed by atoms with E-state index in [0.29, 0.717) is 5.69 Å². The first-order valence-corrected chi connectivity index (χ1v) is 6.00. The molecule has 0 radical (unpaired) electrons. The summed E-state index contributed by atoms with van der Waals surface area (Å²) in [6.45, 7) is 8.40. The first-order chi connectivity index (χ1) is 9.18. The van der Waals surface area contributed by atoms with Gasteiger partial charge < -0.3 is 5.11 Å². The lowest BCUT2D eigenvalue weighted by atomic mass is 9.90. The fraction of sp³-hybridized carbons (Fsp3) is 0.462. The molecule has 106 valence electrons. The van der Waals surface area contributed by atoms with E-state index in [2.05, 4.69) is 20.4 Å². The first kappa shape index (κ1) is 15.6. The molecule has 0 aliphatic rings. The number of rotatable bonds is 3. The van der Waals surface area contributed by atoms with Crippen LogP contribution >= 0.6 is 0 Å². The average Bonchev–Trinajstić information content (AvgIpc) is 2.70. The minimum absolute atomic E-state index is 0.0948. The van der Waals surface area contributed by atoms with Crippen LogP contribution in [-0.4, -0.2) is 21.1 Å². The lowest BCUT2D eigenvalue weighted by Crippen LogP contribution is -2.13. The van der Waals surface area contributed by atoms with Gasteiger partial charge in [-0.15, -0.1) is 10.2 Å². The van der Waals surface area contributed by atoms with Crippen LogP contribution in [0, 0.1) is 11.3 Å². The van der Waals surface area contributed by atoms with Gasteiger partial charge in [0.15, 0.2) is 11.5 Å². The number of carbonyl (C=O) groups excluding carboxylic acids is 1. The van der Waals surface area contributed by atoms with Gasteiger partial charge in [-0.05, 0) is 6.92 Å². The molecule has 1 rings (SSSR count). The molecule has 0 spiro atoms. The van der Waals surface area contributed by atoms with Gasteiger partial charge in [-0.3, -0.25) is 9.89 Å². The van der Waals surface area contributed by atoms with E-state index < -0.39 is 5.78 Å². The third-order valence-corrected chi connectivity index (χ3v) is 2.53. The number of H-pyrrole nitrogens is 1. The molecule has 0 fully saturated rings. The number of Topliss-reactive ketones (excluding diaryl/α,β-unsaturated/α-hetero) is 1. The fourth-order valence-corrected chi connectivity index (χ4v) is 1.55. The second-order valence-electron chi connectivity index (χ2n) is 5.35. The van der Waals surface area contributed by atoms with Gasteiger partial charge in [-0.2, -0.15) is 10.4 Å². The molecule has 1 aromatic heterocycles. The van der Waals surface area contributed by atoms with Crippen molar-refractivity contribution in [2.75, 3.05) is 0 Å². The molecular formula is C13H17N5O2. The number of azo groups is 1. The van der Waals surface area contributed by atoms with Crippen LogP contribution in [0.5, 0.6) is 0 Å². The third kappa shape index (κ3) is 3.29. The van der Waals surface area contributed by atoms with Gasteiger partial charge in [0.2, 0.25) is 5.82 Å². The molecule has 7 nitrogen and oxygen atoms in total. The standard InChI is InChI=1S/C13H17N5O2/c1-7(19)10(8(2)20)15-17-12-9(6-14)11(16-18-12)13(3,4)5/h19H,1-5H3,(H,16,18). The van der Waals surface area contributed by atoms with Gasteiger partial charge in [0.1, 0.15) is 17.4 Å². The summed E-state index contributed by atoms with van der Waals surface area (Å²) in [5.41, 5.74) is 0.467. The highest BCUT2D eigenvalue weighted by Crippen LogP contribution is 2.29. The van der Waals surface area contributed by atoms with Crippen LogP contribution in [0.15, 0.2) is 21.7 Å². The van der Waals surface area contributed by atoms with Gasteiger partial charge in [-0.1, -0.05) is 20.8 Å². The Kier molecular flexibility index (Phi) is 4.40. The van der Waals surface area contributed by atoms with Crippen molar-refractivity contribution in [3.8, 4) is 6.07 Å². The average molecular weight is 275 g/mol. The van der Waals surface area contributed by atoms with Crippen LogP contribution in [0.3, 0.4) is 0 Å². The quantitative estimate of drug-likeness (QED) is 0.501. The summed E-state index contributed by atoms with van der Waals surface area (Å²) in [4.78, 5) is 11.3. The SMILES string of the molecule is CC(=O)C(N=Nc1n[nH]c(C(C)(C)C)c1C#N)=C(C)O. The van der Waals surface area contributed by atoms with Crippen LogP contribution in [0.2, 0.25) is 0 Å². The number of aromatic nitrogens is 2. The minimum Gasteiger partial charge on any atom is -0.510 e. The van der Waals surface area contributed by atoms with Crippen LogP contribution in [0.4, 0.5) is 5.82 Å². The topological polar surface area (TPSA) is 114 Å². The molecule has 0 aliphatic heterocycles. The number of aliphatic hydroxyl groups is 1. The fourth-order valence-electron chi connectivity index (χ4n) is 1.55. The molecule has 0 saturated heterocycles. The predicted octanol–water partition coefficient (Wildman–Crippen LogP) is 3.04. The monoisotopic (exact) mass is 275 g/mol. The number of carbonyl (C=O) groups is 1. The Morgan fingerprint density at radius 1 is 1.40 bits per heavy atom. The van der Waals surface area contributed by atoms with E-state index in [1.807, 2.05) is 26.8 Å². The number of aromatic amines is 1. The van der Waals surface area contributed by atoms with Crippen molar-refractivity contribution in [1.82, 2.24) is 10.2 Å². The maximum atomic E-state index is 11.3. The molecule has 0 bridgehead atoms. The van der Waals surface area contributed by atoms with E-state index in [1.54, 1.807) is 0 Å². The number of aliphatic hydroxyl groups excluding tert-OH is 1. The number of ketones is 1. The number of allylic oxidation sites excluding steroid dienone is 2. The zero-order valence-corrected chi connectivity index (χ0v) is 12.1. The molecule has 0 aromatic carbocycles. The molecule has 20 heavy (non-hydrogen) atoms. The largest absolute Gasteiger partial charge is 0.510 e. The van der Waals surface area contributed by atoms with Crippen molar-refractivity contribution in [2.24, 2.45) is 10.2 Å². The van der Waals surface area contributed by atoms with E-state index in [0.717, 1.165) is 0 Å². The number of nitriles is 1. The van der Waals surface area contributed by atoms with Gasteiger partial charge in [-0.25, -0.2) is 0 Å². The molecule has 1 heterocycles. The highest BCUT2D eigenvalue weighted by molar-refractivity contribution is 5.93. The van der Waals surface area contributed by atoms with Crippen molar-refractivity contribution in [1.29, 1.82) is 5.26 Å². The van der Waals surface area contributed by atoms with Crippen molar-refractivity contribution in [2.45, 2.75) is 40.0 Å². The Morgan fingerprint density at radius 2 is 2.00 bits per heavy atom. The highest BCUT2D eigenvalue weighted by Gasteiger charge is 2.24. The molecular weight excluding hydrogens is 258 g/mol. The summed E-state index contributed by atoms with van der Waals surface area (Å²) >= 11 is 0. The molecule has 7 heteroatoms. The van der Waals surface area contributed by atoms with Gasteiger partial charge in [0.25, 0.3) is 0 Å². The Hall–Kier alpha value is -2.49. The second-order valence-corrected chi connectivity index (χ2v) is 5.35. The summed E-state index contributed by atoms with van der Waals surface area (Å²) in [6.07, 6.45) is 0. The minimum atomic E-state index is -0.418. The van der Waals surface area contributed by atoms with E-state index in [9.17, 15) is 15.2 Å². The summed E-state index contributed by atoms with van der Waals surface area (Å²) in [6, 6.07) is 2.02. The summed E-state index contributed by atoms with van der Waals surface area (Å²) < 4.78 is 0. The summed E-state index contributed by atoms with van der Waals surface area (Å²) in [5, 5.41) is 32.7. The van der Waals surface area contributed by atoms with Crippen molar-refractivity contribution < 1.29 is 9.90 Å². The van der Waals surface area contributed by atoms with Crippen molar-refractivity contribution >= 4 is 11.6 Å². The maximum absolute atomic E-state index is 11.3. The van der Waals surface area contributed by atoms with E-state index >= 15 is 0 Å². The molecule has 2 N–H and O–H groups in total. The lowest BCUT2D eigenvalue weighted by Gasteiger charge is -2.15. The molecule has 1 aromatic rings. The van der Waals surface area contributed by atoms with Gasteiger partial charge in [0, 0.05) is 12.3 Å². The molecule has 0 amide bonds. The second kappa shape index (κ2) is 5.65. The Labute approximate surface area is 117 Å². The summed E-state index contributed by atoms with van der Waals surface area (Å²) in [5.74, 6) is -0.553. The van der Waals surface area contributed by atoms with Crippen LogP contribution in [0.1, 0.15) is 45.9 Å². The van der Waals surface area contributed by atoms with E-state index in [4.69, 9.17) is 0 Å². The zero-order chi connectivity index (χ0) is 15.5. The number of nitrogens with zero attached hydrogens (tertiary/aromatic N) is 4. The number of hydrogen-bond donors (Lipinski definition) is 2. The van der Waals surface area contributed by atoms with Crippen LogP contribution < -0.4 is 0 Å². The Balaban J connectivity index is 3.25. The Morgan fingerprint density at radius 3 is 2.40 bits per heavy atom. The summed E-state index contributed by atoms with van der Waals surface area (Å²) in [7, 11) is 0. The van der Waals surface area contributed by atoms with E-state index in [-0.39, 0.29) is 28.3 Å². The van der Waals surface area contributed by atoms with Gasteiger partial charge in [0.05, 0.1) is 5.69 Å². The Bertz CT molecular complexity index is 622. The number of nitrogens with one attached hydrogen (secondary N) is 1. The van der Waals surface area contributed by atoms with Crippen molar-refractivity contribution in [3.05, 3.63) is 22.7 Å². The highest BCUT2D eigenvalue weighted by atomic mass is 16.3. The first-order valence-electron chi connectivity index (χ1n) is 6.00. The maximum Gasteiger partial charge on any atom is 0.213 e. The lowest BCUT2D eigenvalue weighted by molar-refractivity contribution is -0.113. The number of hydrogen-bond acceptors (Lipinski definition) is 6. The van der Waals surface area contributed by atoms with Gasteiger partial charge >= 0.3 is 0 Å². The smallest absolute Gasteiger partial charge is 0.213 e. The molecule has 0 aliphatic carbocycles. The zero-order valence-electron chi connectivity index (χ0n) is 12.1. The van der Waals surface area contributed by atoms with Crippen molar-refractivity contribution in [3.63, 3.8) is 0 Å². The predicted molar refractivity (Wildman–Crippen MR) is 72.5 cm³/mol.